The van der Waals surface area contributed by atoms with Gasteiger partial charge in [-0.05, 0) is 38.1 Å². The van der Waals surface area contributed by atoms with Crippen LogP contribution in [0.3, 0.4) is 0 Å². The molecule has 1 aromatic rings. The second-order valence-corrected chi connectivity index (χ2v) is 4.05. The van der Waals surface area contributed by atoms with Gasteiger partial charge < -0.3 is 4.74 Å². The number of nitrogens with zero attached hydrogens (tertiary/aromatic N) is 2. The molecule has 0 N–H and O–H groups in total. The van der Waals surface area contributed by atoms with E-state index in [1.54, 1.807) is 12.1 Å². The van der Waals surface area contributed by atoms with Crippen molar-refractivity contribution in [2.24, 2.45) is 0 Å². The minimum Gasteiger partial charge on any atom is -0.485 e. The van der Waals surface area contributed by atoms with E-state index in [2.05, 4.69) is 11.0 Å². The molecule has 1 aliphatic rings. The fraction of sp³-hybridized carbons (Fsp3) is 0.500. The molecule has 17 heavy (non-hydrogen) atoms. The molecule has 5 nitrogen and oxygen atoms in total. The molecule has 1 heterocycles. The normalized spacial score (nSPS) is 16.0. The van der Waals surface area contributed by atoms with Crippen LogP contribution in [0.4, 0.5) is 5.69 Å². The molecule has 0 atom stereocenters. The minimum absolute atomic E-state index is 0.0195. The number of nitro benzene ring substituents is 1. The van der Waals surface area contributed by atoms with Crippen LogP contribution in [0, 0.1) is 16.2 Å². The van der Waals surface area contributed by atoms with Gasteiger partial charge in [0.05, 0.1) is 4.92 Å². The smallest absolute Gasteiger partial charge is 0.311 e. The van der Waals surface area contributed by atoms with Gasteiger partial charge in [0.15, 0.2) is 5.75 Å². The van der Waals surface area contributed by atoms with Gasteiger partial charge >= 0.3 is 5.69 Å². The Balaban J connectivity index is 1.87. The molecule has 0 bridgehead atoms. The zero-order chi connectivity index (χ0) is 12.1. The van der Waals surface area contributed by atoms with Crippen molar-refractivity contribution < 1.29 is 9.66 Å². The van der Waals surface area contributed by atoms with Gasteiger partial charge in [-0.2, -0.15) is 0 Å². The maximum atomic E-state index is 10.7. The van der Waals surface area contributed by atoms with Crippen LogP contribution in [0.2, 0.25) is 0 Å². The Morgan fingerprint density at radius 3 is 2.94 bits per heavy atom. The highest BCUT2D eigenvalue weighted by molar-refractivity contribution is 5.45. The minimum atomic E-state index is -0.443. The second-order valence-electron chi connectivity index (χ2n) is 4.05. The molecule has 1 saturated heterocycles. The molecule has 1 aliphatic heterocycles. The summed E-state index contributed by atoms with van der Waals surface area (Å²) in [6, 6.07) is 7.23. The van der Waals surface area contributed by atoms with Gasteiger partial charge in [-0.25, -0.2) is 0 Å². The zero-order valence-electron chi connectivity index (χ0n) is 9.59. The molecule has 0 aromatic heterocycles. The third kappa shape index (κ3) is 3.17. The van der Waals surface area contributed by atoms with Crippen LogP contribution in [0.25, 0.3) is 0 Å². The van der Waals surface area contributed by atoms with E-state index in [0.29, 0.717) is 12.4 Å². The van der Waals surface area contributed by atoms with Crippen LogP contribution >= 0.6 is 0 Å². The van der Waals surface area contributed by atoms with Crippen molar-refractivity contribution in [3.63, 3.8) is 0 Å². The van der Waals surface area contributed by atoms with Gasteiger partial charge in [-0.3, -0.25) is 15.0 Å². The molecule has 0 aliphatic carbocycles. The topological polar surface area (TPSA) is 55.6 Å². The summed E-state index contributed by atoms with van der Waals surface area (Å²) in [6.45, 7) is 3.53. The summed E-state index contributed by atoms with van der Waals surface area (Å²) in [5.74, 6) is 0.327. The number of likely N-dealkylation sites (tertiary alicyclic amines) is 1. The zero-order valence-corrected chi connectivity index (χ0v) is 9.59. The average Bonchev–Trinajstić information content (AvgIpc) is 2.82. The predicted molar refractivity (Wildman–Crippen MR) is 63.1 cm³/mol. The van der Waals surface area contributed by atoms with Gasteiger partial charge in [0.25, 0.3) is 0 Å². The Bertz CT molecular complexity index is 389. The van der Waals surface area contributed by atoms with Crippen molar-refractivity contribution in [2.45, 2.75) is 12.8 Å². The molecule has 0 spiro atoms. The molecule has 1 aromatic carbocycles. The largest absolute Gasteiger partial charge is 0.485 e. The molecule has 2 rings (SSSR count). The lowest BCUT2D eigenvalue weighted by molar-refractivity contribution is -0.385. The SMILES string of the molecule is O=[N+]([O-])c1c[c]ccc1OCCN1CCCC1. The number of benzene rings is 1. The molecule has 91 valence electrons. The molecule has 0 amide bonds. The van der Waals surface area contributed by atoms with Crippen molar-refractivity contribution in [1.29, 1.82) is 0 Å². The highest BCUT2D eigenvalue weighted by atomic mass is 16.6. The number of hydrogen-bond donors (Lipinski definition) is 0. The fourth-order valence-corrected chi connectivity index (χ4v) is 1.96. The van der Waals surface area contributed by atoms with E-state index in [0.717, 1.165) is 19.6 Å². The van der Waals surface area contributed by atoms with Crippen molar-refractivity contribution in [2.75, 3.05) is 26.2 Å². The maximum absolute atomic E-state index is 10.7. The van der Waals surface area contributed by atoms with Crippen molar-refractivity contribution >= 4 is 5.69 Å². The summed E-state index contributed by atoms with van der Waals surface area (Å²) in [5.41, 5.74) is -0.0195. The first-order valence-corrected chi connectivity index (χ1v) is 5.77. The van der Waals surface area contributed by atoms with E-state index in [1.165, 1.54) is 18.9 Å². The summed E-state index contributed by atoms with van der Waals surface area (Å²) in [4.78, 5) is 12.6. The average molecular weight is 235 g/mol. The maximum Gasteiger partial charge on any atom is 0.311 e. The Morgan fingerprint density at radius 2 is 2.24 bits per heavy atom. The first-order chi connectivity index (χ1) is 8.27. The van der Waals surface area contributed by atoms with Crippen LogP contribution in [-0.2, 0) is 0 Å². The first kappa shape index (κ1) is 11.9. The molecule has 1 radical (unpaired) electrons. The van der Waals surface area contributed by atoms with Gasteiger partial charge in [-0.15, -0.1) is 0 Å². The van der Waals surface area contributed by atoms with Crippen LogP contribution in [0.1, 0.15) is 12.8 Å². The predicted octanol–water partition coefficient (Wildman–Crippen LogP) is 1.87. The number of hydrogen-bond acceptors (Lipinski definition) is 4. The lowest BCUT2D eigenvalue weighted by Crippen LogP contribution is -2.25. The molecule has 0 unspecified atom stereocenters. The van der Waals surface area contributed by atoms with E-state index in [-0.39, 0.29) is 5.69 Å². The third-order valence-electron chi connectivity index (χ3n) is 2.86. The second kappa shape index (κ2) is 5.63. The van der Waals surface area contributed by atoms with Crippen LogP contribution in [0.5, 0.6) is 5.75 Å². The van der Waals surface area contributed by atoms with E-state index in [4.69, 9.17) is 4.74 Å². The first-order valence-electron chi connectivity index (χ1n) is 5.77. The molecular weight excluding hydrogens is 220 g/mol. The van der Waals surface area contributed by atoms with Gasteiger partial charge in [0.1, 0.15) is 6.61 Å². The Hall–Kier alpha value is -1.62. The Kier molecular flexibility index (Phi) is 3.93. The summed E-state index contributed by atoms with van der Waals surface area (Å²) in [5, 5.41) is 10.7. The molecule has 5 heteroatoms. The summed E-state index contributed by atoms with van der Waals surface area (Å²) < 4.78 is 5.46. The van der Waals surface area contributed by atoms with Crippen LogP contribution in [0.15, 0.2) is 18.2 Å². The summed E-state index contributed by atoms with van der Waals surface area (Å²) >= 11 is 0. The highest BCUT2D eigenvalue weighted by Gasteiger charge is 2.15. The number of rotatable bonds is 5. The number of nitro groups is 1. The van der Waals surface area contributed by atoms with Crippen molar-refractivity contribution in [3.8, 4) is 5.75 Å². The van der Waals surface area contributed by atoms with Crippen LogP contribution < -0.4 is 4.74 Å². The fourth-order valence-electron chi connectivity index (χ4n) is 1.96. The lowest BCUT2D eigenvalue weighted by Gasteiger charge is -2.14. The standard InChI is InChI=1S/C12H15N2O3/c15-14(16)11-5-1-2-6-12(11)17-10-9-13-7-3-4-8-13/h2,5-6H,3-4,7-10H2. The lowest BCUT2D eigenvalue weighted by atomic mass is 10.3. The van der Waals surface area contributed by atoms with Crippen molar-refractivity contribution in [1.82, 2.24) is 4.90 Å². The quantitative estimate of drug-likeness (QED) is 0.577. The van der Waals surface area contributed by atoms with E-state index >= 15 is 0 Å². The van der Waals surface area contributed by atoms with Gasteiger partial charge in [0, 0.05) is 12.6 Å². The Morgan fingerprint density at radius 1 is 1.47 bits per heavy atom. The van der Waals surface area contributed by atoms with Crippen molar-refractivity contribution in [3.05, 3.63) is 34.4 Å². The van der Waals surface area contributed by atoms with Gasteiger partial charge in [-0.1, -0.05) is 6.07 Å². The van der Waals surface area contributed by atoms with E-state index < -0.39 is 4.92 Å². The summed E-state index contributed by atoms with van der Waals surface area (Å²) in [7, 11) is 0. The molecule has 1 fully saturated rings. The van der Waals surface area contributed by atoms with Crippen LogP contribution in [-0.4, -0.2) is 36.1 Å². The van der Waals surface area contributed by atoms with E-state index in [1.807, 2.05) is 0 Å². The third-order valence-corrected chi connectivity index (χ3v) is 2.86. The summed E-state index contributed by atoms with van der Waals surface area (Å²) in [6.07, 6.45) is 2.47. The monoisotopic (exact) mass is 235 g/mol. The van der Waals surface area contributed by atoms with E-state index in [9.17, 15) is 10.1 Å². The highest BCUT2D eigenvalue weighted by Crippen LogP contribution is 2.25. The molecular formula is C12H15N2O3. The number of ether oxygens (including phenoxy) is 1. The molecule has 0 saturated carbocycles. The van der Waals surface area contributed by atoms with Gasteiger partial charge in [0.2, 0.25) is 0 Å². The Labute approximate surface area is 100 Å².